The van der Waals surface area contributed by atoms with Crippen LogP contribution in [0.15, 0.2) is 36.9 Å². The second-order valence-electron chi connectivity index (χ2n) is 4.33. The third-order valence-corrected chi connectivity index (χ3v) is 2.60. The Morgan fingerprint density at radius 2 is 2.06 bits per heavy atom. The minimum Gasteiger partial charge on any atom is -0.385 e. The van der Waals surface area contributed by atoms with Gasteiger partial charge in [0, 0.05) is 24.8 Å². The SMILES string of the molecule is C=CCCCCCNc1cccc(NC(C)=O)c1. The normalized spacial score (nSPS) is 9.83. The first-order chi connectivity index (χ1) is 8.72. The van der Waals surface area contributed by atoms with E-state index in [2.05, 4.69) is 17.2 Å². The summed E-state index contributed by atoms with van der Waals surface area (Å²) in [7, 11) is 0. The quantitative estimate of drug-likeness (QED) is 0.541. The number of hydrogen-bond donors (Lipinski definition) is 2. The molecule has 0 saturated carbocycles. The molecule has 2 N–H and O–H groups in total. The number of rotatable bonds is 8. The summed E-state index contributed by atoms with van der Waals surface area (Å²) in [6.07, 6.45) is 6.63. The zero-order chi connectivity index (χ0) is 13.2. The maximum absolute atomic E-state index is 10.9. The number of allylic oxidation sites excluding steroid dienone is 1. The van der Waals surface area contributed by atoms with E-state index in [1.54, 1.807) is 0 Å². The number of amides is 1. The van der Waals surface area contributed by atoms with E-state index < -0.39 is 0 Å². The van der Waals surface area contributed by atoms with Crippen LogP contribution in [0.1, 0.15) is 32.6 Å². The molecule has 0 aliphatic rings. The number of anilines is 2. The summed E-state index contributed by atoms with van der Waals surface area (Å²) in [5.41, 5.74) is 1.88. The lowest BCUT2D eigenvalue weighted by molar-refractivity contribution is -0.114. The monoisotopic (exact) mass is 246 g/mol. The average Bonchev–Trinajstić information content (AvgIpc) is 2.33. The molecule has 0 heterocycles. The highest BCUT2D eigenvalue weighted by Crippen LogP contribution is 2.15. The Bertz CT molecular complexity index is 388. The molecular weight excluding hydrogens is 224 g/mol. The van der Waals surface area contributed by atoms with Crippen LogP contribution in [0.2, 0.25) is 0 Å². The van der Waals surface area contributed by atoms with E-state index in [9.17, 15) is 4.79 Å². The van der Waals surface area contributed by atoms with Crippen molar-refractivity contribution in [1.29, 1.82) is 0 Å². The van der Waals surface area contributed by atoms with E-state index in [1.807, 2.05) is 30.3 Å². The molecular formula is C15H22N2O. The lowest BCUT2D eigenvalue weighted by Crippen LogP contribution is -2.06. The summed E-state index contributed by atoms with van der Waals surface area (Å²) in [6, 6.07) is 7.78. The van der Waals surface area contributed by atoms with E-state index >= 15 is 0 Å². The van der Waals surface area contributed by atoms with Crippen LogP contribution in [0.5, 0.6) is 0 Å². The smallest absolute Gasteiger partial charge is 0.221 e. The van der Waals surface area contributed by atoms with Crippen LogP contribution in [0, 0.1) is 0 Å². The second-order valence-corrected chi connectivity index (χ2v) is 4.33. The summed E-state index contributed by atoms with van der Waals surface area (Å²) in [5.74, 6) is -0.0448. The standard InChI is InChI=1S/C15H22N2O/c1-3-4-5-6-7-11-16-14-9-8-10-15(12-14)17-13(2)18/h3,8-10,12,16H,1,4-7,11H2,2H3,(H,17,18). The maximum Gasteiger partial charge on any atom is 0.221 e. The van der Waals surface area contributed by atoms with Gasteiger partial charge in [0.1, 0.15) is 0 Å². The van der Waals surface area contributed by atoms with Crippen molar-refractivity contribution in [3.63, 3.8) is 0 Å². The molecule has 98 valence electrons. The minimum absolute atomic E-state index is 0.0448. The molecule has 0 radical (unpaired) electrons. The molecule has 1 aromatic rings. The number of carbonyl (C=O) groups excluding carboxylic acids is 1. The van der Waals surface area contributed by atoms with Gasteiger partial charge < -0.3 is 10.6 Å². The molecule has 0 aliphatic heterocycles. The lowest BCUT2D eigenvalue weighted by atomic mass is 10.2. The molecule has 0 aromatic heterocycles. The first-order valence-electron chi connectivity index (χ1n) is 6.45. The van der Waals surface area contributed by atoms with Crippen LogP contribution >= 0.6 is 0 Å². The molecule has 18 heavy (non-hydrogen) atoms. The van der Waals surface area contributed by atoms with Crippen LogP contribution in [0.3, 0.4) is 0 Å². The Morgan fingerprint density at radius 1 is 1.28 bits per heavy atom. The molecule has 1 rings (SSSR count). The molecule has 3 nitrogen and oxygen atoms in total. The van der Waals surface area contributed by atoms with Crippen molar-refractivity contribution in [2.45, 2.75) is 32.6 Å². The van der Waals surface area contributed by atoms with Crippen molar-refractivity contribution in [3.05, 3.63) is 36.9 Å². The molecule has 0 fully saturated rings. The molecule has 0 aliphatic carbocycles. The fraction of sp³-hybridized carbons (Fsp3) is 0.400. The molecule has 0 bridgehead atoms. The molecule has 0 spiro atoms. The van der Waals surface area contributed by atoms with Gasteiger partial charge in [0.05, 0.1) is 0 Å². The van der Waals surface area contributed by atoms with Crippen molar-refractivity contribution in [1.82, 2.24) is 0 Å². The van der Waals surface area contributed by atoms with Crippen LogP contribution in [0.25, 0.3) is 0 Å². The first-order valence-corrected chi connectivity index (χ1v) is 6.45. The molecule has 0 atom stereocenters. The third kappa shape index (κ3) is 6.09. The van der Waals surface area contributed by atoms with Crippen molar-refractivity contribution in [3.8, 4) is 0 Å². The van der Waals surface area contributed by atoms with Crippen LogP contribution in [-0.4, -0.2) is 12.5 Å². The van der Waals surface area contributed by atoms with Gasteiger partial charge in [-0.3, -0.25) is 4.79 Å². The molecule has 1 amide bonds. The molecule has 3 heteroatoms. The van der Waals surface area contributed by atoms with Gasteiger partial charge in [0.2, 0.25) is 5.91 Å². The molecule has 1 aromatic carbocycles. The van der Waals surface area contributed by atoms with Gasteiger partial charge in [-0.25, -0.2) is 0 Å². The summed E-state index contributed by atoms with van der Waals surface area (Å²) < 4.78 is 0. The number of carbonyl (C=O) groups is 1. The largest absolute Gasteiger partial charge is 0.385 e. The number of benzene rings is 1. The number of nitrogens with one attached hydrogen (secondary N) is 2. The highest BCUT2D eigenvalue weighted by Gasteiger charge is 1.97. The van der Waals surface area contributed by atoms with Crippen LogP contribution in [-0.2, 0) is 4.79 Å². The van der Waals surface area contributed by atoms with E-state index in [-0.39, 0.29) is 5.91 Å². The highest BCUT2D eigenvalue weighted by atomic mass is 16.1. The average molecular weight is 246 g/mol. The number of unbranched alkanes of at least 4 members (excludes halogenated alkanes) is 3. The Morgan fingerprint density at radius 3 is 2.78 bits per heavy atom. The van der Waals surface area contributed by atoms with Crippen molar-refractivity contribution in [2.75, 3.05) is 17.2 Å². The first kappa shape index (κ1) is 14.3. The second kappa shape index (κ2) is 8.34. The van der Waals surface area contributed by atoms with Crippen molar-refractivity contribution >= 4 is 17.3 Å². The van der Waals surface area contributed by atoms with E-state index in [4.69, 9.17) is 0 Å². The zero-order valence-electron chi connectivity index (χ0n) is 11.0. The Balaban J connectivity index is 2.29. The summed E-state index contributed by atoms with van der Waals surface area (Å²) in [4.78, 5) is 10.9. The topological polar surface area (TPSA) is 41.1 Å². The Labute approximate surface area is 109 Å². The fourth-order valence-corrected chi connectivity index (χ4v) is 1.73. The fourth-order valence-electron chi connectivity index (χ4n) is 1.73. The van der Waals surface area contributed by atoms with Gasteiger partial charge in [-0.2, -0.15) is 0 Å². The van der Waals surface area contributed by atoms with Crippen LogP contribution in [0.4, 0.5) is 11.4 Å². The van der Waals surface area contributed by atoms with Gasteiger partial charge in [0.25, 0.3) is 0 Å². The summed E-state index contributed by atoms with van der Waals surface area (Å²) in [5, 5.41) is 6.13. The van der Waals surface area contributed by atoms with Gasteiger partial charge >= 0.3 is 0 Å². The van der Waals surface area contributed by atoms with Gasteiger partial charge in [0.15, 0.2) is 0 Å². The predicted molar refractivity (Wildman–Crippen MR) is 77.9 cm³/mol. The van der Waals surface area contributed by atoms with E-state index in [1.165, 1.54) is 19.8 Å². The van der Waals surface area contributed by atoms with E-state index in [0.717, 1.165) is 30.8 Å². The minimum atomic E-state index is -0.0448. The van der Waals surface area contributed by atoms with E-state index in [0.29, 0.717) is 0 Å². The van der Waals surface area contributed by atoms with Gasteiger partial charge in [-0.05, 0) is 37.5 Å². The van der Waals surface area contributed by atoms with Gasteiger partial charge in [-0.1, -0.05) is 18.6 Å². The molecule has 0 unspecified atom stereocenters. The summed E-state index contributed by atoms with van der Waals surface area (Å²) >= 11 is 0. The lowest BCUT2D eigenvalue weighted by Gasteiger charge is -2.08. The van der Waals surface area contributed by atoms with Crippen LogP contribution < -0.4 is 10.6 Å². The van der Waals surface area contributed by atoms with Crippen molar-refractivity contribution in [2.24, 2.45) is 0 Å². The maximum atomic E-state index is 10.9. The third-order valence-electron chi connectivity index (χ3n) is 2.60. The predicted octanol–water partition coefficient (Wildman–Crippen LogP) is 3.80. The van der Waals surface area contributed by atoms with Crippen molar-refractivity contribution < 1.29 is 4.79 Å². The number of hydrogen-bond acceptors (Lipinski definition) is 2. The zero-order valence-corrected chi connectivity index (χ0v) is 11.0. The van der Waals surface area contributed by atoms with Gasteiger partial charge in [-0.15, -0.1) is 6.58 Å². The summed E-state index contributed by atoms with van der Waals surface area (Å²) in [6.45, 7) is 6.18. The molecule has 0 saturated heterocycles. The highest BCUT2D eigenvalue weighted by molar-refractivity contribution is 5.89. The Kier molecular flexibility index (Phi) is 6.62. The Hall–Kier alpha value is -1.77.